The zero-order valence-corrected chi connectivity index (χ0v) is 21.0. The molecule has 1 aromatic heterocycles. The molecule has 1 amide bonds. The molecule has 0 unspecified atom stereocenters. The molecular formula is C25H28N4O4S2. The Kier molecular flexibility index (Phi) is 7.26. The number of sulfonamides is 1. The molecule has 0 spiro atoms. The number of aromatic nitrogens is 1. The van der Waals surface area contributed by atoms with Crippen LogP contribution in [0.15, 0.2) is 64.9 Å². The molecule has 2 fully saturated rings. The van der Waals surface area contributed by atoms with Crippen LogP contribution in [0.1, 0.15) is 16.1 Å². The Hall–Kier alpha value is -2.63. The SMILES string of the molecule is O=C(c1ccc(S(=O)(=O)N2CCOCC2)cc1)N1CCN(Cc2csc(-c3ccccc3)n2)CC1. The van der Waals surface area contributed by atoms with Gasteiger partial charge in [0.2, 0.25) is 10.0 Å². The van der Waals surface area contributed by atoms with Crippen molar-refractivity contribution in [2.75, 3.05) is 52.5 Å². The predicted octanol–water partition coefficient (Wildman–Crippen LogP) is 2.79. The second-order valence-corrected chi connectivity index (χ2v) is 11.4. The molecule has 5 rings (SSSR count). The van der Waals surface area contributed by atoms with Gasteiger partial charge in [0.25, 0.3) is 5.91 Å². The molecule has 0 aliphatic carbocycles. The Labute approximate surface area is 209 Å². The Morgan fingerprint density at radius 2 is 1.60 bits per heavy atom. The highest BCUT2D eigenvalue weighted by molar-refractivity contribution is 7.89. The van der Waals surface area contributed by atoms with Gasteiger partial charge in [0, 0.05) is 62.3 Å². The second-order valence-electron chi connectivity index (χ2n) is 8.62. The Morgan fingerprint density at radius 1 is 0.914 bits per heavy atom. The molecule has 2 aliphatic heterocycles. The number of carbonyl (C=O) groups is 1. The maximum atomic E-state index is 13.0. The van der Waals surface area contributed by atoms with E-state index in [9.17, 15) is 13.2 Å². The lowest BCUT2D eigenvalue weighted by Gasteiger charge is -2.34. The topological polar surface area (TPSA) is 83.0 Å². The van der Waals surface area contributed by atoms with E-state index in [1.807, 2.05) is 23.1 Å². The fraction of sp³-hybridized carbons (Fsp3) is 0.360. The molecule has 0 bridgehead atoms. The van der Waals surface area contributed by atoms with Crippen LogP contribution in [0, 0.1) is 0 Å². The minimum Gasteiger partial charge on any atom is -0.379 e. The smallest absolute Gasteiger partial charge is 0.253 e. The normalized spacial score (nSPS) is 18.0. The van der Waals surface area contributed by atoms with Crippen LogP contribution in [0.3, 0.4) is 0 Å². The van der Waals surface area contributed by atoms with Crippen LogP contribution in [0.4, 0.5) is 0 Å². The number of ether oxygens (including phenoxy) is 1. The zero-order chi connectivity index (χ0) is 24.3. The number of rotatable bonds is 6. The number of piperazine rings is 1. The van der Waals surface area contributed by atoms with Gasteiger partial charge in [0.1, 0.15) is 5.01 Å². The Morgan fingerprint density at radius 3 is 2.29 bits per heavy atom. The van der Waals surface area contributed by atoms with E-state index in [-0.39, 0.29) is 10.8 Å². The third-order valence-electron chi connectivity index (χ3n) is 6.33. The average Bonchev–Trinajstić information content (AvgIpc) is 3.38. The molecular weight excluding hydrogens is 484 g/mol. The van der Waals surface area contributed by atoms with Gasteiger partial charge >= 0.3 is 0 Å². The highest BCUT2D eigenvalue weighted by Crippen LogP contribution is 2.24. The lowest BCUT2D eigenvalue weighted by molar-refractivity contribution is 0.0627. The largest absolute Gasteiger partial charge is 0.379 e. The first-order chi connectivity index (χ1) is 17.0. The van der Waals surface area contributed by atoms with Crippen molar-refractivity contribution in [2.24, 2.45) is 0 Å². The van der Waals surface area contributed by atoms with E-state index in [1.165, 1.54) is 16.4 Å². The minimum atomic E-state index is -3.57. The third-order valence-corrected chi connectivity index (χ3v) is 9.18. The maximum absolute atomic E-state index is 13.0. The molecule has 10 heteroatoms. The summed E-state index contributed by atoms with van der Waals surface area (Å²) in [5.74, 6) is -0.0695. The van der Waals surface area contributed by atoms with Crippen molar-refractivity contribution < 1.29 is 17.9 Å². The highest BCUT2D eigenvalue weighted by Gasteiger charge is 2.27. The third kappa shape index (κ3) is 5.46. The van der Waals surface area contributed by atoms with Crippen LogP contribution in [0.5, 0.6) is 0 Å². The summed E-state index contributed by atoms with van der Waals surface area (Å²) in [4.78, 5) is 22.1. The van der Waals surface area contributed by atoms with Crippen molar-refractivity contribution in [1.29, 1.82) is 0 Å². The highest BCUT2D eigenvalue weighted by atomic mass is 32.2. The first-order valence-corrected chi connectivity index (χ1v) is 14.0. The fourth-order valence-corrected chi connectivity index (χ4v) is 6.54. The molecule has 35 heavy (non-hydrogen) atoms. The van der Waals surface area contributed by atoms with E-state index in [2.05, 4.69) is 22.4 Å². The van der Waals surface area contributed by atoms with Gasteiger partial charge in [-0.2, -0.15) is 4.31 Å². The molecule has 0 N–H and O–H groups in total. The van der Waals surface area contributed by atoms with Crippen molar-refractivity contribution in [3.8, 4) is 10.6 Å². The van der Waals surface area contributed by atoms with Crippen LogP contribution < -0.4 is 0 Å². The van der Waals surface area contributed by atoms with Gasteiger partial charge in [-0.15, -0.1) is 11.3 Å². The molecule has 0 saturated carbocycles. The lowest BCUT2D eigenvalue weighted by Crippen LogP contribution is -2.48. The number of morpholine rings is 1. The molecule has 184 valence electrons. The van der Waals surface area contributed by atoms with Crippen LogP contribution in [-0.4, -0.2) is 85.9 Å². The number of nitrogens with zero attached hydrogens (tertiary/aromatic N) is 4. The van der Waals surface area contributed by atoms with Crippen LogP contribution in [0.25, 0.3) is 10.6 Å². The number of hydrogen-bond acceptors (Lipinski definition) is 7. The molecule has 3 aromatic rings. The quantitative estimate of drug-likeness (QED) is 0.505. The van der Waals surface area contributed by atoms with E-state index < -0.39 is 10.0 Å². The fourth-order valence-electron chi connectivity index (χ4n) is 4.32. The summed E-state index contributed by atoms with van der Waals surface area (Å²) >= 11 is 1.65. The molecule has 0 atom stereocenters. The maximum Gasteiger partial charge on any atom is 0.253 e. The van der Waals surface area contributed by atoms with E-state index in [1.54, 1.807) is 23.5 Å². The van der Waals surface area contributed by atoms with Gasteiger partial charge in [0.05, 0.1) is 23.8 Å². The summed E-state index contributed by atoms with van der Waals surface area (Å²) in [6, 6.07) is 16.5. The van der Waals surface area contributed by atoms with E-state index in [4.69, 9.17) is 9.72 Å². The van der Waals surface area contributed by atoms with Crippen LogP contribution >= 0.6 is 11.3 Å². The predicted molar refractivity (Wildman–Crippen MR) is 135 cm³/mol. The number of hydrogen-bond donors (Lipinski definition) is 0. The van der Waals surface area contributed by atoms with Crippen molar-refractivity contribution in [3.63, 3.8) is 0 Å². The monoisotopic (exact) mass is 512 g/mol. The van der Waals surface area contributed by atoms with E-state index >= 15 is 0 Å². The van der Waals surface area contributed by atoms with Gasteiger partial charge in [-0.3, -0.25) is 9.69 Å². The number of amides is 1. The number of thiazole rings is 1. The second kappa shape index (κ2) is 10.5. The summed E-state index contributed by atoms with van der Waals surface area (Å²) in [6.07, 6.45) is 0. The van der Waals surface area contributed by atoms with Crippen LogP contribution in [-0.2, 0) is 21.3 Å². The number of benzene rings is 2. The summed E-state index contributed by atoms with van der Waals surface area (Å²) in [7, 11) is -3.57. The number of carbonyl (C=O) groups excluding carboxylic acids is 1. The van der Waals surface area contributed by atoms with E-state index in [0.717, 1.165) is 35.9 Å². The molecule has 8 nitrogen and oxygen atoms in total. The molecule has 2 saturated heterocycles. The summed E-state index contributed by atoms with van der Waals surface area (Å²) < 4.78 is 32.3. The standard InChI is InChI=1S/C25H28N4O4S2/c30-25(21-6-8-23(9-7-21)35(31,32)29-14-16-33-17-15-29)28-12-10-27(11-13-28)18-22-19-34-24(26-22)20-4-2-1-3-5-20/h1-9,19H,10-18H2. The molecule has 3 heterocycles. The first-order valence-electron chi connectivity index (χ1n) is 11.7. The van der Waals surface area contributed by atoms with Crippen LogP contribution in [0.2, 0.25) is 0 Å². The Balaban J connectivity index is 1.15. The van der Waals surface area contributed by atoms with E-state index in [0.29, 0.717) is 45.0 Å². The minimum absolute atomic E-state index is 0.0695. The summed E-state index contributed by atoms with van der Waals surface area (Å²) in [5, 5.41) is 3.13. The Bertz CT molecular complexity index is 1250. The molecule has 0 radical (unpaired) electrons. The van der Waals surface area contributed by atoms with Gasteiger partial charge in [-0.05, 0) is 24.3 Å². The molecule has 2 aromatic carbocycles. The van der Waals surface area contributed by atoms with Gasteiger partial charge in [0.15, 0.2) is 0 Å². The first kappa shape index (κ1) is 24.1. The van der Waals surface area contributed by atoms with Gasteiger partial charge in [-0.1, -0.05) is 30.3 Å². The van der Waals surface area contributed by atoms with Crippen molar-refractivity contribution in [2.45, 2.75) is 11.4 Å². The lowest BCUT2D eigenvalue weighted by atomic mass is 10.2. The zero-order valence-electron chi connectivity index (χ0n) is 19.4. The van der Waals surface area contributed by atoms with Gasteiger partial charge < -0.3 is 9.64 Å². The molecule has 2 aliphatic rings. The van der Waals surface area contributed by atoms with Crippen molar-refractivity contribution in [1.82, 2.24) is 19.1 Å². The summed E-state index contributed by atoms with van der Waals surface area (Å²) in [5.41, 5.74) is 2.68. The van der Waals surface area contributed by atoms with Crippen molar-refractivity contribution >= 4 is 27.3 Å². The van der Waals surface area contributed by atoms with Crippen molar-refractivity contribution in [3.05, 3.63) is 71.2 Å². The summed E-state index contributed by atoms with van der Waals surface area (Å²) in [6.45, 7) is 5.06. The van der Waals surface area contributed by atoms with Gasteiger partial charge in [-0.25, -0.2) is 13.4 Å². The average molecular weight is 513 g/mol.